The second-order valence-electron chi connectivity index (χ2n) is 2.23. The number of piperidine rings is 1. The maximum absolute atomic E-state index is 12.3. The minimum atomic E-state index is -0.686. The molecule has 0 aliphatic carbocycles. The van der Waals surface area contributed by atoms with Gasteiger partial charge in [-0.25, -0.2) is 9.40 Å². The summed E-state index contributed by atoms with van der Waals surface area (Å²) in [6, 6.07) is 0. The summed E-state index contributed by atoms with van der Waals surface area (Å²) in [6.07, 6.45) is 0.902. The fraction of sp³-hybridized carbons (Fsp3) is 1.00. The summed E-state index contributed by atoms with van der Waals surface area (Å²) >= 11 is 0. The van der Waals surface area contributed by atoms with Gasteiger partial charge in [0, 0.05) is 13.1 Å². The van der Waals surface area contributed by atoms with Crippen LogP contribution in [0.3, 0.4) is 0 Å². The molecule has 0 aromatic heterocycles. The van der Waals surface area contributed by atoms with E-state index in [0.29, 0.717) is 13.0 Å². The SMILES string of the molecule is NN1CCC[C@@H](F)C1. The number of nitrogens with zero attached hydrogens (tertiary/aromatic N) is 1. The Labute approximate surface area is 48.4 Å². The Balaban J connectivity index is 2.23. The van der Waals surface area contributed by atoms with Crippen LogP contribution in [0.4, 0.5) is 4.39 Å². The van der Waals surface area contributed by atoms with Crippen LogP contribution in [-0.4, -0.2) is 24.3 Å². The fourth-order valence-corrected chi connectivity index (χ4v) is 0.953. The van der Waals surface area contributed by atoms with Gasteiger partial charge in [0.05, 0.1) is 0 Å². The zero-order valence-corrected chi connectivity index (χ0v) is 4.81. The summed E-state index contributed by atoms with van der Waals surface area (Å²) in [4.78, 5) is 0. The van der Waals surface area contributed by atoms with Crippen LogP contribution in [0, 0.1) is 0 Å². The van der Waals surface area contributed by atoms with Crippen molar-refractivity contribution in [3.05, 3.63) is 0 Å². The van der Waals surface area contributed by atoms with Crippen LogP contribution < -0.4 is 5.84 Å². The Kier molecular flexibility index (Phi) is 1.81. The molecular formula is C5H11FN2. The molecule has 1 heterocycles. The third-order valence-corrected chi connectivity index (χ3v) is 1.40. The first-order valence-electron chi connectivity index (χ1n) is 2.93. The predicted molar refractivity (Wildman–Crippen MR) is 29.9 cm³/mol. The van der Waals surface area contributed by atoms with Crippen molar-refractivity contribution in [2.24, 2.45) is 5.84 Å². The highest BCUT2D eigenvalue weighted by atomic mass is 19.1. The van der Waals surface area contributed by atoms with Crippen molar-refractivity contribution in [1.82, 2.24) is 5.01 Å². The smallest absolute Gasteiger partial charge is 0.114 e. The van der Waals surface area contributed by atoms with Crippen molar-refractivity contribution < 1.29 is 4.39 Å². The summed E-state index contributed by atoms with van der Waals surface area (Å²) in [6.45, 7) is 1.26. The highest BCUT2D eigenvalue weighted by molar-refractivity contribution is 4.66. The quantitative estimate of drug-likeness (QED) is 0.463. The van der Waals surface area contributed by atoms with E-state index in [4.69, 9.17) is 5.84 Å². The molecule has 0 aromatic carbocycles. The largest absolute Gasteiger partial charge is 0.269 e. The monoisotopic (exact) mass is 118 g/mol. The molecule has 1 aliphatic heterocycles. The molecule has 3 heteroatoms. The Hall–Kier alpha value is -0.150. The topological polar surface area (TPSA) is 29.3 Å². The van der Waals surface area contributed by atoms with E-state index in [2.05, 4.69) is 0 Å². The molecule has 1 fully saturated rings. The molecule has 1 rings (SSSR count). The first-order chi connectivity index (χ1) is 3.79. The van der Waals surface area contributed by atoms with Gasteiger partial charge in [-0.15, -0.1) is 0 Å². The van der Waals surface area contributed by atoms with Crippen LogP contribution in [0.5, 0.6) is 0 Å². The summed E-state index contributed by atoms with van der Waals surface area (Å²) in [5.74, 6) is 5.32. The zero-order chi connectivity index (χ0) is 5.98. The van der Waals surface area contributed by atoms with E-state index in [1.165, 1.54) is 5.01 Å². The molecule has 8 heavy (non-hydrogen) atoms. The van der Waals surface area contributed by atoms with Crippen molar-refractivity contribution in [2.75, 3.05) is 13.1 Å². The molecule has 2 nitrogen and oxygen atoms in total. The number of rotatable bonds is 0. The number of hydrogen-bond donors (Lipinski definition) is 1. The van der Waals surface area contributed by atoms with Crippen LogP contribution in [-0.2, 0) is 0 Å². The van der Waals surface area contributed by atoms with E-state index in [0.717, 1.165) is 13.0 Å². The number of hydrogen-bond acceptors (Lipinski definition) is 2. The second kappa shape index (κ2) is 2.42. The molecule has 1 saturated heterocycles. The molecule has 0 spiro atoms. The van der Waals surface area contributed by atoms with Gasteiger partial charge in [0.25, 0.3) is 0 Å². The van der Waals surface area contributed by atoms with Crippen molar-refractivity contribution >= 4 is 0 Å². The maximum Gasteiger partial charge on any atom is 0.114 e. The van der Waals surface area contributed by atoms with Gasteiger partial charge in [0.2, 0.25) is 0 Å². The molecule has 0 radical (unpaired) electrons. The van der Waals surface area contributed by atoms with Gasteiger partial charge in [0.1, 0.15) is 6.17 Å². The molecule has 48 valence electrons. The lowest BCUT2D eigenvalue weighted by atomic mass is 10.1. The molecule has 0 unspecified atom stereocenters. The van der Waals surface area contributed by atoms with Gasteiger partial charge in [-0.2, -0.15) is 0 Å². The highest BCUT2D eigenvalue weighted by Gasteiger charge is 2.15. The number of alkyl halides is 1. The molecule has 1 aliphatic rings. The van der Waals surface area contributed by atoms with Crippen molar-refractivity contribution in [2.45, 2.75) is 19.0 Å². The van der Waals surface area contributed by atoms with Gasteiger partial charge >= 0.3 is 0 Å². The van der Waals surface area contributed by atoms with Gasteiger partial charge in [-0.05, 0) is 12.8 Å². The van der Waals surface area contributed by atoms with E-state index in [9.17, 15) is 4.39 Å². The van der Waals surface area contributed by atoms with E-state index in [1.807, 2.05) is 0 Å². The molecule has 1 atom stereocenters. The fourth-order valence-electron chi connectivity index (χ4n) is 0.953. The first-order valence-corrected chi connectivity index (χ1v) is 2.93. The second-order valence-corrected chi connectivity index (χ2v) is 2.23. The number of hydrazine groups is 1. The lowest BCUT2D eigenvalue weighted by Gasteiger charge is -2.23. The van der Waals surface area contributed by atoms with Gasteiger partial charge < -0.3 is 0 Å². The molecule has 2 N–H and O–H groups in total. The first kappa shape index (κ1) is 5.98. The Morgan fingerprint density at radius 3 is 2.75 bits per heavy atom. The standard InChI is InChI=1S/C5H11FN2/c6-5-2-1-3-8(7)4-5/h5H,1-4,7H2/t5-/m1/s1. The van der Waals surface area contributed by atoms with E-state index in [-0.39, 0.29) is 0 Å². The summed E-state index contributed by atoms with van der Waals surface area (Å²) in [5.41, 5.74) is 0. The summed E-state index contributed by atoms with van der Waals surface area (Å²) in [7, 11) is 0. The van der Waals surface area contributed by atoms with Gasteiger partial charge in [-0.3, -0.25) is 5.84 Å². The van der Waals surface area contributed by atoms with E-state index < -0.39 is 6.17 Å². The van der Waals surface area contributed by atoms with Crippen LogP contribution in [0.25, 0.3) is 0 Å². The molecular weight excluding hydrogens is 107 g/mol. The lowest BCUT2D eigenvalue weighted by molar-refractivity contribution is 0.140. The zero-order valence-electron chi connectivity index (χ0n) is 4.81. The van der Waals surface area contributed by atoms with Crippen LogP contribution >= 0.6 is 0 Å². The summed E-state index contributed by atoms with van der Waals surface area (Å²) < 4.78 is 12.3. The highest BCUT2D eigenvalue weighted by Crippen LogP contribution is 2.08. The van der Waals surface area contributed by atoms with E-state index in [1.54, 1.807) is 0 Å². The number of halogens is 1. The number of nitrogens with two attached hydrogens (primary N) is 1. The molecule has 0 saturated carbocycles. The normalized spacial score (nSPS) is 33.0. The van der Waals surface area contributed by atoms with Crippen molar-refractivity contribution in [3.63, 3.8) is 0 Å². The van der Waals surface area contributed by atoms with Gasteiger partial charge in [0.15, 0.2) is 0 Å². The third-order valence-electron chi connectivity index (χ3n) is 1.40. The Morgan fingerprint density at radius 1 is 1.62 bits per heavy atom. The predicted octanol–water partition coefficient (Wildman–Crippen LogP) is 0.294. The van der Waals surface area contributed by atoms with Crippen molar-refractivity contribution in [3.8, 4) is 0 Å². The van der Waals surface area contributed by atoms with Crippen molar-refractivity contribution in [1.29, 1.82) is 0 Å². The van der Waals surface area contributed by atoms with Gasteiger partial charge in [-0.1, -0.05) is 0 Å². The van der Waals surface area contributed by atoms with Crippen LogP contribution in [0.15, 0.2) is 0 Å². The lowest BCUT2D eigenvalue weighted by Crippen LogP contribution is -2.41. The Bertz CT molecular complexity index is 68.8. The average Bonchev–Trinajstić information content (AvgIpc) is 1.64. The molecule has 0 aromatic rings. The van der Waals surface area contributed by atoms with Crippen LogP contribution in [0.1, 0.15) is 12.8 Å². The van der Waals surface area contributed by atoms with E-state index >= 15 is 0 Å². The van der Waals surface area contributed by atoms with Crippen LogP contribution in [0.2, 0.25) is 0 Å². The molecule has 0 bridgehead atoms. The minimum absolute atomic E-state index is 0.417. The third kappa shape index (κ3) is 1.42. The Morgan fingerprint density at radius 2 is 2.38 bits per heavy atom. The average molecular weight is 118 g/mol. The summed E-state index contributed by atoms with van der Waals surface area (Å²) in [5, 5.41) is 1.54. The minimum Gasteiger partial charge on any atom is -0.269 e. The maximum atomic E-state index is 12.3. The molecule has 0 amide bonds.